The van der Waals surface area contributed by atoms with E-state index in [0.29, 0.717) is 17.5 Å². The molecule has 156 valence electrons. The van der Waals surface area contributed by atoms with E-state index in [1.807, 2.05) is 62.4 Å². The highest BCUT2D eigenvalue weighted by atomic mass is 16.2. The molecule has 0 saturated carbocycles. The molecule has 3 aromatic rings. The number of benzene rings is 2. The van der Waals surface area contributed by atoms with Gasteiger partial charge in [0.1, 0.15) is 5.82 Å². The third-order valence-electron chi connectivity index (χ3n) is 4.12. The second kappa shape index (κ2) is 8.82. The minimum atomic E-state index is -0.298. The van der Waals surface area contributed by atoms with Crippen LogP contribution in [0.2, 0.25) is 0 Å². The number of anilines is 5. The van der Waals surface area contributed by atoms with E-state index in [4.69, 9.17) is 0 Å². The number of amides is 2. The van der Waals surface area contributed by atoms with E-state index in [0.717, 1.165) is 22.5 Å². The third kappa shape index (κ3) is 6.20. The topological polar surface area (TPSA) is 91.0 Å². The first kappa shape index (κ1) is 21.1. The van der Waals surface area contributed by atoms with Crippen LogP contribution in [0.5, 0.6) is 0 Å². The van der Waals surface area contributed by atoms with E-state index in [2.05, 4.69) is 52.0 Å². The molecule has 0 aliphatic carbocycles. The highest BCUT2D eigenvalue weighted by molar-refractivity contribution is 6.00. The predicted octanol–water partition coefficient (Wildman–Crippen LogP) is 5.69. The summed E-state index contributed by atoms with van der Waals surface area (Å²) in [7, 11) is 0. The normalized spacial score (nSPS) is 11.0. The molecule has 7 heteroatoms. The first-order valence-corrected chi connectivity index (χ1v) is 9.81. The molecular formula is C23H28N6O. The van der Waals surface area contributed by atoms with Crippen molar-refractivity contribution in [1.82, 2.24) is 9.97 Å². The molecule has 0 atom stereocenters. The average Bonchev–Trinajstić information content (AvgIpc) is 2.63. The summed E-state index contributed by atoms with van der Waals surface area (Å²) in [5.41, 5.74) is 4.10. The van der Waals surface area contributed by atoms with Gasteiger partial charge in [0.15, 0.2) is 0 Å². The highest BCUT2D eigenvalue weighted by Gasteiger charge is 2.13. The molecule has 2 aromatic carbocycles. The number of urea groups is 1. The zero-order chi connectivity index (χ0) is 21.7. The Balaban J connectivity index is 1.70. The number of hydrogen-bond donors (Lipinski definition) is 4. The summed E-state index contributed by atoms with van der Waals surface area (Å²) >= 11 is 0. The van der Waals surface area contributed by atoms with E-state index in [-0.39, 0.29) is 11.6 Å². The maximum Gasteiger partial charge on any atom is 0.323 e. The van der Waals surface area contributed by atoms with Gasteiger partial charge in [-0.3, -0.25) is 0 Å². The van der Waals surface area contributed by atoms with Gasteiger partial charge in [-0.15, -0.1) is 0 Å². The van der Waals surface area contributed by atoms with Crippen molar-refractivity contribution in [2.24, 2.45) is 0 Å². The lowest BCUT2D eigenvalue weighted by Gasteiger charge is -2.21. The van der Waals surface area contributed by atoms with Crippen molar-refractivity contribution >= 4 is 34.9 Å². The lowest BCUT2D eigenvalue weighted by Crippen LogP contribution is -2.27. The van der Waals surface area contributed by atoms with E-state index in [9.17, 15) is 4.79 Å². The van der Waals surface area contributed by atoms with Gasteiger partial charge in [-0.25, -0.2) is 9.78 Å². The van der Waals surface area contributed by atoms with Gasteiger partial charge >= 0.3 is 6.03 Å². The molecule has 0 radical (unpaired) electrons. The molecule has 0 aliphatic rings. The van der Waals surface area contributed by atoms with Crippen LogP contribution in [0, 0.1) is 13.8 Å². The fraction of sp³-hybridized carbons (Fsp3) is 0.261. The summed E-state index contributed by atoms with van der Waals surface area (Å²) in [5.74, 6) is 1.26. The number of rotatable bonds is 5. The molecule has 4 N–H and O–H groups in total. The van der Waals surface area contributed by atoms with Crippen LogP contribution in [0.25, 0.3) is 0 Å². The van der Waals surface area contributed by atoms with Gasteiger partial charge in [0.05, 0.1) is 0 Å². The van der Waals surface area contributed by atoms with Crippen LogP contribution in [-0.4, -0.2) is 21.5 Å². The van der Waals surface area contributed by atoms with Crippen LogP contribution < -0.4 is 21.3 Å². The first-order chi connectivity index (χ1) is 14.2. The van der Waals surface area contributed by atoms with Crippen molar-refractivity contribution in [3.63, 3.8) is 0 Å². The Hall–Kier alpha value is -3.61. The number of hydrogen-bond acceptors (Lipinski definition) is 5. The number of carbonyl (C=O) groups excluding carboxylic acids is 1. The number of nitrogens with zero attached hydrogens (tertiary/aromatic N) is 2. The van der Waals surface area contributed by atoms with Crippen LogP contribution in [0.15, 0.2) is 54.7 Å². The molecule has 0 saturated heterocycles. The smallest absolute Gasteiger partial charge is 0.323 e. The van der Waals surface area contributed by atoms with E-state index in [1.165, 1.54) is 0 Å². The van der Waals surface area contributed by atoms with Gasteiger partial charge in [-0.2, -0.15) is 4.98 Å². The monoisotopic (exact) mass is 404 g/mol. The van der Waals surface area contributed by atoms with Gasteiger partial charge in [0.25, 0.3) is 0 Å². The Labute approximate surface area is 177 Å². The van der Waals surface area contributed by atoms with Crippen molar-refractivity contribution in [2.45, 2.75) is 40.2 Å². The molecule has 30 heavy (non-hydrogen) atoms. The first-order valence-electron chi connectivity index (χ1n) is 9.81. The minimum Gasteiger partial charge on any atom is -0.350 e. The van der Waals surface area contributed by atoms with Crippen LogP contribution in [0.4, 0.5) is 33.6 Å². The van der Waals surface area contributed by atoms with E-state index < -0.39 is 0 Å². The maximum absolute atomic E-state index is 12.3. The van der Waals surface area contributed by atoms with Gasteiger partial charge in [0.2, 0.25) is 5.95 Å². The lowest BCUT2D eigenvalue weighted by atomic mass is 10.1. The molecule has 0 unspecified atom stereocenters. The standard InChI is InChI=1S/C23H28N6O/c1-15-8-6-9-17(12-15)26-22(30)27-19-11-7-10-18(13-19)25-20-16(2)14-24-21(28-20)29-23(3,4)5/h6-14H,1-5H3,(H2,26,27,30)(H2,24,25,28,29). The Morgan fingerprint density at radius 2 is 1.53 bits per heavy atom. The van der Waals surface area contributed by atoms with Gasteiger partial charge in [-0.05, 0) is 70.5 Å². The summed E-state index contributed by atoms with van der Waals surface area (Å²) in [6.07, 6.45) is 1.78. The van der Waals surface area contributed by atoms with E-state index >= 15 is 0 Å². The van der Waals surface area contributed by atoms with Crippen molar-refractivity contribution < 1.29 is 4.79 Å². The van der Waals surface area contributed by atoms with Crippen molar-refractivity contribution in [1.29, 1.82) is 0 Å². The third-order valence-corrected chi connectivity index (χ3v) is 4.12. The predicted molar refractivity (Wildman–Crippen MR) is 124 cm³/mol. The van der Waals surface area contributed by atoms with Gasteiger partial charge in [-0.1, -0.05) is 18.2 Å². The molecule has 1 aromatic heterocycles. The summed E-state index contributed by atoms with van der Waals surface area (Å²) < 4.78 is 0. The van der Waals surface area contributed by atoms with Crippen LogP contribution in [0.3, 0.4) is 0 Å². The van der Waals surface area contributed by atoms with Gasteiger partial charge < -0.3 is 21.3 Å². The van der Waals surface area contributed by atoms with E-state index in [1.54, 1.807) is 6.20 Å². The molecule has 7 nitrogen and oxygen atoms in total. The van der Waals surface area contributed by atoms with Crippen molar-refractivity contribution in [2.75, 3.05) is 21.3 Å². The zero-order valence-corrected chi connectivity index (χ0v) is 18.0. The summed E-state index contributed by atoms with van der Waals surface area (Å²) in [5, 5.41) is 12.3. The molecule has 0 fully saturated rings. The number of aryl methyl sites for hydroxylation is 2. The molecule has 2 amide bonds. The summed E-state index contributed by atoms with van der Waals surface area (Å²) in [6, 6.07) is 14.8. The lowest BCUT2D eigenvalue weighted by molar-refractivity contribution is 0.262. The zero-order valence-electron chi connectivity index (χ0n) is 18.0. The van der Waals surface area contributed by atoms with Gasteiger partial charge in [0, 0.05) is 34.4 Å². The van der Waals surface area contributed by atoms with Crippen molar-refractivity contribution in [3.05, 3.63) is 65.9 Å². The summed E-state index contributed by atoms with van der Waals surface area (Å²) in [4.78, 5) is 21.2. The Bertz CT molecular complexity index is 1040. The Morgan fingerprint density at radius 1 is 0.900 bits per heavy atom. The molecular weight excluding hydrogens is 376 g/mol. The second-order valence-electron chi connectivity index (χ2n) is 8.25. The average molecular weight is 405 g/mol. The molecule has 0 bridgehead atoms. The fourth-order valence-corrected chi connectivity index (χ4v) is 2.79. The molecule has 0 spiro atoms. The van der Waals surface area contributed by atoms with Crippen LogP contribution >= 0.6 is 0 Å². The quantitative estimate of drug-likeness (QED) is 0.438. The molecule has 3 rings (SSSR count). The maximum atomic E-state index is 12.3. The number of nitrogens with one attached hydrogen (secondary N) is 4. The number of carbonyl (C=O) groups is 1. The Kier molecular flexibility index (Phi) is 6.20. The summed E-state index contributed by atoms with van der Waals surface area (Å²) in [6.45, 7) is 10.1. The molecule has 1 heterocycles. The minimum absolute atomic E-state index is 0.138. The largest absolute Gasteiger partial charge is 0.350 e. The van der Waals surface area contributed by atoms with Crippen molar-refractivity contribution in [3.8, 4) is 0 Å². The van der Waals surface area contributed by atoms with Crippen LogP contribution in [-0.2, 0) is 0 Å². The van der Waals surface area contributed by atoms with Crippen LogP contribution in [0.1, 0.15) is 31.9 Å². The fourth-order valence-electron chi connectivity index (χ4n) is 2.79. The highest BCUT2D eigenvalue weighted by Crippen LogP contribution is 2.23. The number of aromatic nitrogens is 2. The second-order valence-corrected chi connectivity index (χ2v) is 8.25. The SMILES string of the molecule is Cc1cccc(NC(=O)Nc2cccc(Nc3nc(NC(C)(C)C)ncc3C)c2)c1. The Morgan fingerprint density at radius 3 is 2.20 bits per heavy atom. The molecule has 0 aliphatic heterocycles.